The van der Waals surface area contributed by atoms with Gasteiger partial charge in [0.2, 0.25) is 0 Å². The molecule has 2 N–H and O–H groups in total. The Bertz CT molecular complexity index is 167. The maximum Gasteiger partial charge on any atom is 0.0948 e. The summed E-state index contributed by atoms with van der Waals surface area (Å²) in [4.78, 5) is 0. The van der Waals surface area contributed by atoms with Gasteiger partial charge < -0.3 is 15.2 Å². The van der Waals surface area contributed by atoms with Crippen molar-refractivity contribution in [3.05, 3.63) is 0 Å². The van der Waals surface area contributed by atoms with Gasteiger partial charge in [-0.15, -0.1) is 0 Å². The van der Waals surface area contributed by atoms with E-state index in [1.165, 1.54) is 38.5 Å². The van der Waals surface area contributed by atoms with Crippen LogP contribution in [0, 0.1) is 0 Å². The predicted octanol–water partition coefficient (Wildman–Crippen LogP) is 1.06. The van der Waals surface area contributed by atoms with Crippen LogP contribution in [0.1, 0.15) is 38.5 Å². The highest BCUT2D eigenvalue weighted by Crippen LogP contribution is 2.18. The molecule has 0 aromatic heterocycles. The SMILES string of the molecule is O[C@@H]1COC[C@H]1NC1CCCCCC1. The topological polar surface area (TPSA) is 41.5 Å². The normalized spacial score (nSPS) is 35.8. The maximum absolute atomic E-state index is 9.60. The van der Waals surface area contributed by atoms with Crippen molar-refractivity contribution in [3.8, 4) is 0 Å². The molecule has 14 heavy (non-hydrogen) atoms. The highest BCUT2D eigenvalue weighted by atomic mass is 16.5. The van der Waals surface area contributed by atoms with Gasteiger partial charge in [-0.25, -0.2) is 0 Å². The summed E-state index contributed by atoms with van der Waals surface area (Å²) in [7, 11) is 0. The van der Waals surface area contributed by atoms with Crippen molar-refractivity contribution in [2.45, 2.75) is 56.7 Å². The molecule has 1 heterocycles. The van der Waals surface area contributed by atoms with Gasteiger partial charge >= 0.3 is 0 Å². The molecule has 0 aromatic carbocycles. The molecule has 0 bridgehead atoms. The first-order chi connectivity index (χ1) is 6.86. The second kappa shape index (κ2) is 5.10. The molecule has 3 nitrogen and oxygen atoms in total. The van der Waals surface area contributed by atoms with Gasteiger partial charge in [-0.3, -0.25) is 0 Å². The Labute approximate surface area is 85.8 Å². The monoisotopic (exact) mass is 199 g/mol. The molecule has 0 aromatic rings. The van der Waals surface area contributed by atoms with Crippen molar-refractivity contribution >= 4 is 0 Å². The van der Waals surface area contributed by atoms with Crippen molar-refractivity contribution in [2.24, 2.45) is 0 Å². The molecule has 0 amide bonds. The fourth-order valence-corrected chi connectivity index (χ4v) is 2.45. The molecule has 0 unspecified atom stereocenters. The molecular weight excluding hydrogens is 178 g/mol. The van der Waals surface area contributed by atoms with Crippen LogP contribution >= 0.6 is 0 Å². The molecule has 82 valence electrons. The van der Waals surface area contributed by atoms with Gasteiger partial charge in [0.1, 0.15) is 0 Å². The van der Waals surface area contributed by atoms with Gasteiger partial charge in [0.25, 0.3) is 0 Å². The summed E-state index contributed by atoms with van der Waals surface area (Å²) in [5.74, 6) is 0. The Morgan fingerprint density at radius 2 is 1.71 bits per heavy atom. The fourth-order valence-electron chi connectivity index (χ4n) is 2.45. The third kappa shape index (κ3) is 2.69. The van der Waals surface area contributed by atoms with Crippen LogP contribution < -0.4 is 5.32 Å². The van der Waals surface area contributed by atoms with Crippen molar-refractivity contribution in [3.63, 3.8) is 0 Å². The van der Waals surface area contributed by atoms with E-state index in [4.69, 9.17) is 4.74 Å². The van der Waals surface area contributed by atoms with Crippen LogP contribution in [-0.2, 0) is 4.74 Å². The van der Waals surface area contributed by atoms with Crippen LogP contribution in [0.4, 0.5) is 0 Å². The van der Waals surface area contributed by atoms with E-state index in [2.05, 4.69) is 5.32 Å². The third-order valence-corrected chi connectivity index (χ3v) is 3.36. The number of hydrogen-bond acceptors (Lipinski definition) is 3. The number of hydrogen-bond donors (Lipinski definition) is 2. The molecule has 1 saturated carbocycles. The van der Waals surface area contributed by atoms with E-state index in [0.29, 0.717) is 19.3 Å². The van der Waals surface area contributed by atoms with Crippen LogP contribution in [0.2, 0.25) is 0 Å². The van der Waals surface area contributed by atoms with Crippen LogP contribution in [-0.4, -0.2) is 36.5 Å². The Hall–Kier alpha value is -0.120. The average molecular weight is 199 g/mol. The largest absolute Gasteiger partial charge is 0.389 e. The molecule has 0 radical (unpaired) electrons. The minimum Gasteiger partial charge on any atom is -0.389 e. The van der Waals surface area contributed by atoms with E-state index in [9.17, 15) is 5.11 Å². The number of nitrogens with one attached hydrogen (secondary N) is 1. The van der Waals surface area contributed by atoms with Crippen molar-refractivity contribution in [1.29, 1.82) is 0 Å². The minimum atomic E-state index is -0.293. The van der Waals surface area contributed by atoms with E-state index in [1.54, 1.807) is 0 Å². The quantitative estimate of drug-likeness (QED) is 0.653. The number of rotatable bonds is 2. The molecule has 2 fully saturated rings. The van der Waals surface area contributed by atoms with E-state index < -0.39 is 0 Å². The second-order valence-electron chi connectivity index (χ2n) is 4.57. The van der Waals surface area contributed by atoms with Gasteiger partial charge in [0.05, 0.1) is 25.4 Å². The molecule has 2 aliphatic rings. The highest BCUT2D eigenvalue weighted by Gasteiger charge is 2.28. The summed E-state index contributed by atoms with van der Waals surface area (Å²) in [5, 5.41) is 13.1. The molecule has 3 heteroatoms. The zero-order valence-electron chi connectivity index (χ0n) is 8.74. The maximum atomic E-state index is 9.60. The Kier molecular flexibility index (Phi) is 3.79. The lowest BCUT2D eigenvalue weighted by molar-refractivity contribution is 0.121. The highest BCUT2D eigenvalue weighted by molar-refractivity contribution is 4.84. The second-order valence-corrected chi connectivity index (χ2v) is 4.57. The van der Waals surface area contributed by atoms with Crippen molar-refractivity contribution in [2.75, 3.05) is 13.2 Å². The van der Waals surface area contributed by atoms with Gasteiger partial charge in [-0.1, -0.05) is 25.7 Å². The minimum absolute atomic E-state index is 0.179. The average Bonchev–Trinajstić information content (AvgIpc) is 2.44. The van der Waals surface area contributed by atoms with Crippen LogP contribution in [0.15, 0.2) is 0 Å². The zero-order chi connectivity index (χ0) is 9.80. The van der Waals surface area contributed by atoms with Crippen LogP contribution in [0.25, 0.3) is 0 Å². The number of aliphatic hydroxyl groups is 1. The summed E-state index contributed by atoms with van der Waals surface area (Å²) in [5.41, 5.74) is 0. The Morgan fingerprint density at radius 3 is 2.29 bits per heavy atom. The molecular formula is C11H21NO2. The third-order valence-electron chi connectivity index (χ3n) is 3.36. The summed E-state index contributed by atoms with van der Waals surface area (Å²) < 4.78 is 5.23. The van der Waals surface area contributed by atoms with Crippen LogP contribution in [0.3, 0.4) is 0 Å². The summed E-state index contributed by atoms with van der Waals surface area (Å²) in [6, 6.07) is 0.789. The van der Waals surface area contributed by atoms with Gasteiger partial charge in [0, 0.05) is 6.04 Å². The Morgan fingerprint density at radius 1 is 1.00 bits per heavy atom. The van der Waals surface area contributed by atoms with E-state index in [0.717, 1.165) is 0 Å². The zero-order valence-corrected chi connectivity index (χ0v) is 8.74. The lowest BCUT2D eigenvalue weighted by atomic mass is 10.1. The molecule has 2 atom stereocenters. The Balaban J connectivity index is 1.77. The molecule has 2 rings (SSSR count). The summed E-state index contributed by atoms with van der Waals surface area (Å²) >= 11 is 0. The fraction of sp³-hybridized carbons (Fsp3) is 1.00. The molecule has 0 spiro atoms. The van der Waals surface area contributed by atoms with Gasteiger partial charge in [-0.2, -0.15) is 0 Å². The van der Waals surface area contributed by atoms with E-state index in [-0.39, 0.29) is 12.1 Å². The van der Waals surface area contributed by atoms with Crippen molar-refractivity contribution in [1.82, 2.24) is 5.32 Å². The predicted molar refractivity (Wildman–Crippen MR) is 55.2 cm³/mol. The lowest BCUT2D eigenvalue weighted by Gasteiger charge is -2.22. The van der Waals surface area contributed by atoms with Crippen LogP contribution in [0.5, 0.6) is 0 Å². The molecule has 1 aliphatic heterocycles. The molecule has 1 saturated heterocycles. The van der Waals surface area contributed by atoms with E-state index >= 15 is 0 Å². The van der Waals surface area contributed by atoms with Gasteiger partial charge in [0.15, 0.2) is 0 Å². The first-order valence-corrected chi connectivity index (χ1v) is 5.88. The lowest BCUT2D eigenvalue weighted by Crippen LogP contribution is -2.44. The smallest absolute Gasteiger partial charge is 0.0948 e. The summed E-state index contributed by atoms with van der Waals surface area (Å²) in [6.45, 7) is 1.18. The number of ether oxygens (including phenoxy) is 1. The molecule has 1 aliphatic carbocycles. The van der Waals surface area contributed by atoms with E-state index in [1.807, 2.05) is 0 Å². The first kappa shape index (κ1) is 10.4. The van der Waals surface area contributed by atoms with Crippen molar-refractivity contribution < 1.29 is 9.84 Å². The standard InChI is InChI=1S/C11H21NO2/c13-11-8-14-7-10(11)12-9-5-3-1-2-4-6-9/h9-13H,1-8H2/t10-,11-/m1/s1. The van der Waals surface area contributed by atoms with Gasteiger partial charge in [-0.05, 0) is 12.8 Å². The number of aliphatic hydroxyl groups excluding tert-OH is 1. The first-order valence-electron chi connectivity index (χ1n) is 5.88. The summed E-state index contributed by atoms with van der Waals surface area (Å²) in [6.07, 6.45) is 7.66.